The first-order valence-electron chi connectivity index (χ1n) is 6.18. The van der Waals surface area contributed by atoms with E-state index in [0.717, 1.165) is 5.52 Å². The summed E-state index contributed by atoms with van der Waals surface area (Å²) < 4.78 is 0. The lowest BCUT2D eigenvalue weighted by molar-refractivity contribution is 1.31. The van der Waals surface area contributed by atoms with Crippen molar-refractivity contribution < 1.29 is 0 Å². The Bertz CT molecular complexity index is 699. The van der Waals surface area contributed by atoms with E-state index in [4.69, 9.17) is 0 Å². The highest BCUT2D eigenvalue weighted by Gasteiger charge is 2.07. The van der Waals surface area contributed by atoms with Crippen LogP contribution in [0, 0.1) is 13.8 Å². The summed E-state index contributed by atoms with van der Waals surface area (Å²) in [5.41, 5.74) is 6.17. The molecule has 1 aromatic heterocycles. The molecule has 0 fully saturated rings. The van der Waals surface area contributed by atoms with E-state index < -0.39 is 0 Å². The molecule has 0 amide bonds. The standard InChI is InChI=1S/C17H15N/c1-12-8-9-16-15(14-6-4-3-5-7-14)10-11-18-17(16)13(12)2/h3-11H,1-2H3. The molecule has 3 rings (SSSR count). The third-order valence-electron chi connectivity index (χ3n) is 3.52. The summed E-state index contributed by atoms with van der Waals surface area (Å²) in [7, 11) is 0. The van der Waals surface area contributed by atoms with Crippen LogP contribution in [-0.4, -0.2) is 4.98 Å². The summed E-state index contributed by atoms with van der Waals surface area (Å²) >= 11 is 0. The molecule has 0 spiro atoms. The van der Waals surface area contributed by atoms with Crippen LogP contribution in [0.15, 0.2) is 54.7 Å². The predicted octanol–water partition coefficient (Wildman–Crippen LogP) is 4.52. The second kappa shape index (κ2) is 4.26. The Balaban J connectivity index is 2.35. The van der Waals surface area contributed by atoms with Crippen molar-refractivity contribution in [3.05, 3.63) is 65.9 Å². The van der Waals surface area contributed by atoms with Crippen LogP contribution in [0.2, 0.25) is 0 Å². The molecule has 1 nitrogen and oxygen atoms in total. The van der Waals surface area contributed by atoms with Crippen LogP contribution in [0.3, 0.4) is 0 Å². The van der Waals surface area contributed by atoms with E-state index in [1.54, 1.807) is 0 Å². The van der Waals surface area contributed by atoms with Gasteiger partial charge in [0.1, 0.15) is 0 Å². The van der Waals surface area contributed by atoms with E-state index in [9.17, 15) is 0 Å². The first-order valence-corrected chi connectivity index (χ1v) is 6.18. The van der Waals surface area contributed by atoms with Crippen molar-refractivity contribution >= 4 is 10.9 Å². The van der Waals surface area contributed by atoms with Gasteiger partial charge in [0.2, 0.25) is 0 Å². The lowest BCUT2D eigenvalue weighted by Gasteiger charge is -2.09. The largest absolute Gasteiger partial charge is 0.256 e. The number of nitrogens with zero attached hydrogens (tertiary/aromatic N) is 1. The van der Waals surface area contributed by atoms with Crippen LogP contribution in [0.5, 0.6) is 0 Å². The third kappa shape index (κ3) is 1.68. The monoisotopic (exact) mass is 233 g/mol. The van der Waals surface area contributed by atoms with Gasteiger partial charge in [0, 0.05) is 11.6 Å². The lowest BCUT2D eigenvalue weighted by atomic mass is 9.98. The molecule has 2 aromatic carbocycles. The van der Waals surface area contributed by atoms with Crippen molar-refractivity contribution in [2.24, 2.45) is 0 Å². The molecule has 18 heavy (non-hydrogen) atoms. The fourth-order valence-electron chi connectivity index (χ4n) is 2.33. The van der Waals surface area contributed by atoms with Gasteiger partial charge in [-0.05, 0) is 42.2 Å². The van der Waals surface area contributed by atoms with Crippen LogP contribution in [0.25, 0.3) is 22.0 Å². The average molecular weight is 233 g/mol. The zero-order valence-electron chi connectivity index (χ0n) is 10.6. The molecule has 0 saturated carbocycles. The van der Waals surface area contributed by atoms with E-state index in [2.05, 4.69) is 61.3 Å². The Morgan fingerprint density at radius 3 is 2.39 bits per heavy atom. The van der Waals surface area contributed by atoms with Crippen molar-refractivity contribution in [2.75, 3.05) is 0 Å². The molecule has 0 bridgehead atoms. The molecule has 1 heteroatoms. The summed E-state index contributed by atoms with van der Waals surface area (Å²) in [6.45, 7) is 4.27. The Labute approximate surface area is 107 Å². The number of rotatable bonds is 1. The van der Waals surface area contributed by atoms with Gasteiger partial charge in [0.25, 0.3) is 0 Å². The second-order valence-corrected chi connectivity index (χ2v) is 4.63. The number of fused-ring (bicyclic) bond motifs is 1. The number of aromatic nitrogens is 1. The van der Waals surface area contributed by atoms with Gasteiger partial charge in [-0.15, -0.1) is 0 Å². The minimum absolute atomic E-state index is 1.11. The van der Waals surface area contributed by atoms with Crippen LogP contribution >= 0.6 is 0 Å². The van der Waals surface area contributed by atoms with Gasteiger partial charge in [-0.2, -0.15) is 0 Å². The van der Waals surface area contributed by atoms with Gasteiger partial charge in [-0.25, -0.2) is 0 Å². The zero-order chi connectivity index (χ0) is 12.5. The fourth-order valence-corrected chi connectivity index (χ4v) is 2.33. The Morgan fingerprint density at radius 2 is 1.61 bits per heavy atom. The molecule has 88 valence electrons. The van der Waals surface area contributed by atoms with Gasteiger partial charge >= 0.3 is 0 Å². The highest BCUT2D eigenvalue weighted by atomic mass is 14.7. The number of aryl methyl sites for hydroxylation is 2. The number of hydrogen-bond acceptors (Lipinski definition) is 1. The van der Waals surface area contributed by atoms with Crippen molar-refractivity contribution in [3.8, 4) is 11.1 Å². The van der Waals surface area contributed by atoms with Crippen molar-refractivity contribution in [1.82, 2.24) is 4.98 Å². The lowest BCUT2D eigenvalue weighted by Crippen LogP contribution is -1.89. The predicted molar refractivity (Wildman–Crippen MR) is 76.7 cm³/mol. The topological polar surface area (TPSA) is 12.9 Å². The molecule has 0 saturated heterocycles. The van der Waals surface area contributed by atoms with Crippen LogP contribution < -0.4 is 0 Å². The quantitative estimate of drug-likeness (QED) is 0.602. The molecule has 0 radical (unpaired) electrons. The van der Waals surface area contributed by atoms with E-state index >= 15 is 0 Å². The highest BCUT2D eigenvalue weighted by Crippen LogP contribution is 2.29. The van der Waals surface area contributed by atoms with Crippen molar-refractivity contribution in [1.29, 1.82) is 0 Å². The fraction of sp³-hybridized carbons (Fsp3) is 0.118. The van der Waals surface area contributed by atoms with Crippen molar-refractivity contribution in [3.63, 3.8) is 0 Å². The highest BCUT2D eigenvalue weighted by molar-refractivity contribution is 5.96. The van der Waals surface area contributed by atoms with E-state index in [0.29, 0.717) is 0 Å². The molecule has 0 aliphatic rings. The Kier molecular flexibility index (Phi) is 2.60. The molecule has 0 unspecified atom stereocenters. The normalized spacial score (nSPS) is 10.8. The minimum Gasteiger partial charge on any atom is -0.256 e. The molecule has 0 atom stereocenters. The summed E-state index contributed by atoms with van der Waals surface area (Å²) in [4.78, 5) is 4.53. The van der Waals surface area contributed by atoms with Crippen LogP contribution in [0.1, 0.15) is 11.1 Å². The van der Waals surface area contributed by atoms with E-state index in [-0.39, 0.29) is 0 Å². The van der Waals surface area contributed by atoms with E-state index in [1.165, 1.54) is 27.6 Å². The molecule has 1 heterocycles. The Hall–Kier alpha value is -2.15. The smallest absolute Gasteiger partial charge is 0.0739 e. The maximum atomic E-state index is 4.53. The molecular formula is C17H15N. The molecule has 0 N–H and O–H groups in total. The first kappa shape index (κ1) is 11.0. The molecular weight excluding hydrogens is 218 g/mol. The van der Waals surface area contributed by atoms with Crippen LogP contribution in [0.4, 0.5) is 0 Å². The van der Waals surface area contributed by atoms with Crippen molar-refractivity contribution in [2.45, 2.75) is 13.8 Å². The van der Waals surface area contributed by atoms with Gasteiger partial charge < -0.3 is 0 Å². The van der Waals surface area contributed by atoms with Gasteiger partial charge in [-0.1, -0.05) is 42.5 Å². The van der Waals surface area contributed by atoms with Gasteiger partial charge in [0.05, 0.1) is 5.52 Å². The summed E-state index contributed by atoms with van der Waals surface area (Å²) in [6.07, 6.45) is 1.90. The summed E-state index contributed by atoms with van der Waals surface area (Å²) in [5.74, 6) is 0. The average Bonchev–Trinajstić information content (AvgIpc) is 2.43. The number of hydrogen-bond donors (Lipinski definition) is 0. The maximum Gasteiger partial charge on any atom is 0.0739 e. The summed E-state index contributed by atoms with van der Waals surface area (Å²) in [6, 6.07) is 16.9. The number of benzene rings is 2. The van der Waals surface area contributed by atoms with E-state index in [1.807, 2.05) is 12.3 Å². The molecule has 0 aliphatic heterocycles. The zero-order valence-corrected chi connectivity index (χ0v) is 10.6. The molecule has 3 aromatic rings. The van der Waals surface area contributed by atoms with Gasteiger partial charge in [0.15, 0.2) is 0 Å². The molecule has 0 aliphatic carbocycles. The second-order valence-electron chi connectivity index (χ2n) is 4.63. The van der Waals surface area contributed by atoms with Crippen LogP contribution in [-0.2, 0) is 0 Å². The SMILES string of the molecule is Cc1ccc2c(-c3ccccc3)ccnc2c1C. The first-order chi connectivity index (χ1) is 8.77. The third-order valence-corrected chi connectivity index (χ3v) is 3.52. The Morgan fingerprint density at radius 1 is 0.833 bits per heavy atom. The minimum atomic E-state index is 1.11. The summed E-state index contributed by atoms with van der Waals surface area (Å²) in [5, 5.41) is 1.23. The van der Waals surface area contributed by atoms with Gasteiger partial charge in [-0.3, -0.25) is 4.98 Å². The number of pyridine rings is 1. The maximum absolute atomic E-state index is 4.53.